The van der Waals surface area contributed by atoms with Crippen molar-refractivity contribution >= 4 is 27.3 Å². The molecule has 0 spiro atoms. The minimum absolute atomic E-state index is 0.0169. The summed E-state index contributed by atoms with van der Waals surface area (Å²) >= 11 is 3.40. The smallest absolute Gasteiger partial charge is 0.312 e. The van der Waals surface area contributed by atoms with Crippen LogP contribution in [0.1, 0.15) is 12.8 Å². The van der Waals surface area contributed by atoms with Crippen LogP contribution in [-0.4, -0.2) is 25.1 Å². The van der Waals surface area contributed by atoms with Crippen LogP contribution < -0.4 is 9.64 Å². The highest BCUT2D eigenvalue weighted by atomic mass is 79.9. The summed E-state index contributed by atoms with van der Waals surface area (Å²) in [6.45, 7) is 1.86. The maximum Gasteiger partial charge on any atom is 0.312 e. The van der Waals surface area contributed by atoms with Gasteiger partial charge in [0.25, 0.3) is 0 Å². The topological polar surface area (TPSA) is 55.6 Å². The van der Waals surface area contributed by atoms with E-state index in [1.54, 1.807) is 6.07 Å². The lowest BCUT2D eigenvalue weighted by molar-refractivity contribution is -0.385. The summed E-state index contributed by atoms with van der Waals surface area (Å²) in [5.41, 5.74) is 0.933. The van der Waals surface area contributed by atoms with E-state index >= 15 is 0 Å². The standard InChI is InChI=1S/C12H14BrN2O3/c1-18-12-8-10(14-5-3-2-4-6-14)9(13)7-11(12)15(16)17/h2,7-8H,3-6H2,1H3. The Kier molecular flexibility index (Phi) is 4.06. The SMILES string of the molecule is COc1cc(N2CC[CH]CC2)c(Br)cc1[N+](=O)[O-]. The van der Waals surface area contributed by atoms with E-state index in [9.17, 15) is 10.1 Å². The van der Waals surface area contributed by atoms with Gasteiger partial charge >= 0.3 is 5.69 Å². The average molecular weight is 314 g/mol. The molecule has 0 N–H and O–H groups in total. The van der Waals surface area contributed by atoms with Crippen LogP contribution in [0.15, 0.2) is 16.6 Å². The van der Waals surface area contributed by atoms with Gasteiger partial charge in [0.2, 0.25) is 0 Å². The third-order valence-electron chi connectivity index (χ3n) is 2.99. The van der Waals surface area contributed by atoms with Crippen molar-refractivity contribution in [2.24, 2.45) is 0 Å². The number of hydrogen-bond acceptors (Lipinski definition) is 4. The van der Waals surface area contributed by atoms with Crippen LogP contribution in [0.2, 0.25) is 0 Å². The van der Waals surface area contributed by atoms with Crippen LogP contribution in [0.4, 0.5) is 11.4 Å². The predicted octanol–water partition coefficient (Wildman–Crippen LogP) is 3.17. The van der Waals surface area contributed by atoms with E-state index in [-0.39, 0.29) is 5.69 Å². The predicted molar refractivity (Wildman–Crippen MR) is 73.1 cm³/mol. The summed E-state index contributed by atoms with van der Waals surface area (Å²) in [5, 5.41) is 10.9. The minimum Gasteiger partial charge on any atom is -0.490 e. The molecule has 18 heavy (non-hydrogen) atoms. The summed E-state index contributed by atoms with van der Waals surface area (Å²) in [7, 11) is 1.45. The maximum absolute atomic E-state index is 10.9. The molecule has 97 valence electrons. The van der Waals surface area contributed by atoms with Crippen molar-refractivity contribution in [3.05, 3.63) is 33.1 Å². The van der Waals surface area contributed by atoms with Crippen molar-refractivity contribution in [3.63, 3.8) is 0 Å². The molecule has 0 atom stereocenters. The van der Waals surface area contributed by atoms with E-state index in [2.05, 4.69) is 27.3 Å². The Morgan fingerprint density at radius 2 is 2.06 bits per heavy atom. The second kappa shape index (κ2) is 5.56. The van der Waals surface area contributed by atoms with Crippen molar-refractivity contribution in [2.75, 3.05) is 25.1 Å². The number of anilines is 1. The van der Waals surface area contributed by atoms with Crippen LogP contribution in [0, 0.1) is 16.5 Å². The van der Waals surface area contributed by atoms with Crippen molar-refractivity contribution in [2.45, 2.75) is 12.8 Å². The Morgan fingerprint density at radius 3 is 2.61 bits per heavy atom. The molecule has 1 aromatic carbocycles. The second-order valence-electron chi connectivity index (χ2n) is 4.09. The number of piperidine rings is 1. The quantitative estimate of drug-likeness (QED) is 0.635. The van der Waals surface area contributed by atoms with Gasteiger partial charge in [0.05, 0.1) is 17.7 Å². The van der Waals surface area contributed by atoms with E-state index in [0.29, 0.717) is 5.75 Å². The highest BCUT2D eigenvalue weighted by Gasteiger charge is 2.21. The van der Waals surface area contributed by atoms with E-state index in [1.165, 1.54) is 13.2 Å². The molecule has 0 aliphatic carbocycles. The van der Waals surface area contributed by atoms with Gasteiger partial charge in [-0.25, -0.2) is 0 Å². The van der Waals surface area contributed by atoms with Crippen molar-refractivity contribution < 1.29 is 9.66 Å². The van der Waals surface area contributed by atoms with Crippen LogP contribution in [0.5, 0.6) is 5.75 Å². The Hall–Kier alpha value is -1.30. The molecule has 1 saturated heterocycles. The van der Waals surface area contributed by atoms with E-state index in [1.807, 2.05) is 0 Å². The first kappa shape index (κ1) is 13.1. The molecule has 1 aliphatic heterocycles. The second-order valence-corrected chi connectivity index (χ2v) is 4.94. The summed E-state index contributed by atoms with van der Waals surface area (Å²) in [6.07, 6.45) is 4.32. The zero-order valence-electron chi connectivity index (χ0n) is 10.1. The summed E-state index contributed by atoms with van der Waals surface area (Å²) in [6, 6.07) is 3.24. The van der Waals surface area contributed by atoms with Crippen LogP contribution >= 0.6 is 15.9 Å². The Balaban J connectivity index is 2.39. The van der Waals surface area contributed by atoms with Gasteiger partial charge < -0.3 is 9.64 Å². The third-order valence-corrected chi connectivity index (χ3v) is 3.63. The lowest BCUT2D eigenvalue weighted by Crippen LogP contribution is -2.29. The van der Waals surface area contributed by atoms with Crippen molar-refractivity contribution in [3.8, 4) is 5.75 Å². The molecule has 0 bridgehead atoms. The van der Waals surface area contributed by atoms with Crippen LogP contribution in [-0.2, 0) is 0 Å². The number of methoxy groups -OCH3 is 1. The van der Waals surface area contributed by atoms with Gasteiger partial charge in [-0.2, -0.15) is 0 Å². The number of nitrogens with zero attached hydrogens (tertiary/aromatic N) is 2. The average Bonchev–Trinajstić information content (AvgIpc) is 2.39. The largest absolute Gasteiger partial charge is 0.490 e. The highest BCUT2D eigenvalue weighted by Crippen LogP contribution is 2.38. The number of hydrogen-bond donors (Lipinski definition) is 0. The van der Waals surface area contributed by atoms with Gasteiger partial charge in [0.15, 0.2) is 5.75 Å². The van der Waals surface area contributed by atoms with Crippen LogP contribution in [0.3, 0.4) is 0 Å². The molecular weight excluding hydrogens is 300 g/mol. The molecule has 1 radical (unpaired) electrons. The molecule has 0 amide bonds. The van der Waals surface area contributed by atoms with Gasteiger partial charge in [-0.15, -0.1) is 0 Å². The van der Waals surface area contributed by atoms with Gasteiger partial charge in [-0.05, 0) is 35.2 Å². The minimum atomic E-state index is -0.433. The zero-order valence-corrected chi connectivity index (χ0v) is 11.6. The molecule has 2 rings (SSSR count). The first-order chi connectivity index (χ1) is 8.63. The zero-order chi connectivity index (χ0) is 13.1. The van der Waals surface area contributed by atoms with Gasteiger partial charge in [-0.3, -0.25) is 10.1 Å². The number of rotatable bonds is 3. The van der Waals surface area contributed by atoms with E-state index in [0.717, 1.165) is 36.1 Å². The Bertz CT molecular complexity index is 459. The maximum atomic E-state index is 10.9. The molecule has 5 nitrogen and oxygen atoms in total. The Morgan fingerprint density at radius 1 is 1.39 bits per heavy atom. The monoisotopic (exact) mass is 313 g/mol. The normalized spacial score (nSPS) is 15.6. The molecule has 0 aromatic heterocycles. The summed E-state index contributed by atoms with van der Waals surface area (Å²) in [5.74, 6) is 0.299. The van der Waals surface area contributed by atoms with E-state index < -0.39 is 4.92 Å². The van der Waals surface area contributed by atoms with Gasteiger partial charge in [0.1, 0.15) is 0 Å². The summed E-state index contributed by atoms with van der Waals surface area (Å²) in [4.78, 5) is 12.7. The number of nitro benzene ring substituents is 1. The fourth-order valence-corrected chi connectivity index (χ4v) is 2.65. The first-order valence-electron chi connectivity index (χ1n) is 5.72. The number of benzene rings is 1. The third kappa shape index (κ3) is 2.58. The lowest BCUT2D eigenvalue weighted by Gasteiger charge is -2.29. The lowest BCUT2D eigenvalue weighted by atomic mass is 10.1. The van der Waals surface area contributed by atoms with Crippen molar-refractivity contribution in [1.82, 2.24) is 0 Å². The number of nitro groups is 1. The van der Waals surface area contributed by atoms with E-state index in [4.69, 9.17) is 4.74 Å². The number of halogens is 1. The van der Waals surface area contributed by atoms with Gasteiger partial charge in [-0.1, -0.05) is 0 Å². The number of ether oxygens (including phenoxy) is 1. The van der Waals surface area contributed by atoms with Gasteiger partial charge in [0, 0.05) is 29.7 Å². The molecule has 0 saturated carbocycles. The molecule has 1 fully saturated rings. The molecule has 0 unspecified atom stereocenters. The fourth-order valence-electron chi connectivity index (χ4n) is 2.07. The molecule has 1 aliphatic rings. The molecular formula is C12H14BrN2O3. The summed E-state index contributed by atoms with van der Waals surface area (Å²) < 4.78 is 5.83. The molecule has 1 aromatic rings. The van der Waals surface area contributed by atoms with Crippen LogP contribution in [0.25, 0.3) is 0 Å². The Labute approximate surface area is 114 Å². The highest BCUT2D eigenvalue weighted by molar-refractivity contribution is 9.10. The molecule has 1 heterocycles. The first-order valence-corrected chi connectivity index (χ1v) is 6.51. The fraction of sp³-hybridized carbons (Fsp3) is 0.417. The van der Waals surface area contributed by atoms with Crippen molar-refractivity contribution in [1.29, 1.82) is 0 Å². The molecule has 6 heteroatoms.